The van der Waals surface area contributed by atoms with Gasteiger partial charge in [-0.1, -0.05) is 30.7 Å². The third kappa shape index (κ3) is 2.77. The van der Waals surface area contributed by atoms with Gasteiger partial charge < -0.3 is 15.1 Å². The van der Waals surface area contributed by atoms with Gasteiger partial charge in [0.2, 0.25) is 6.61 Å². The summed E-state index contributed by atoms with van der Waals surface area (Å²) < 4.78 is 0. The Morgan fingerprint density at radius 2 is 1.96 bits per heavy atom. The van der Waals surface area contributed by atoms with Crippen LogP contribution in [0.3, 0.4) is 0 Å². The van der Waals surface area contributed by atoms with Crippen LogP contribution in [0.2, 0.25) is 0 Å². The molecule has 0 heterocycles. The Bertz CT molecular complexity index is 737. The van der Waals surface area contributed by atoms with E-state index in [4.69, 9.17) is 9.94 Å². The van der Waals surface area contributed by atoms with Crippen molar-refractivity contribution in [2.75, 3.05) is 6.61 Å². The Morgan fingerprint density at radius 1 is 1.22 bits per heavy atom. The summed E-state index contributed by atoms with van der Waals surface area (Å²) in [6.07, 6.45) is 12.8. The zero-order valence-corrected chi connectivity index (χ0v) is 16.6. The van der Waals surface area contributed by atoms with E-state index >= 15 is 0 Å². The molecule has 27 heavy (non-hydrogen) atoms. The van der Waals surface area contributed by atoms with E-state index in [0.29, 0.717) is 23.5 Å². The maximum Gasteiger partial charge on any atom is 0.344 e. The molecule has 4 rings (SSSR count). The fourth-order valence-electron chi connectivity index (χ4n) is 6.67. The molecular formula is C22H31NO4. The molecule has 6 atom stereocenters. The summed E-state index contributed by atoms with van der Waals surface area (Å²) in [7, 11) is 0. The Hall–Kier alpha value is -1.62. The Labute approximate surface area is 161 Å². The number of nitrogens with zero attached hydrogens (tertiary/aromatic N) is 1. The average Bonchev–Trinajstić information content (AvgIpc) is 2.84. The number of carbonyl (C=O) groups is 1. The van der Waals surface area contributed by atoms with E-state index in [2.05, 4.69) is 31.2 Å². The molecule has 4 aliphatic carbocycles. The molecule has 0 unspecified atom stereocenters. The van der Waals surface area contributed by atoms with Crippen molar-refractivity contribution < 1.29 is 19.8 Å². The van der Waals surface area contributed by atoms with Gasteiger partial charge in [0.1, 0.15) is 5.71 Å². The highest BCUT2D eigenvalue weighted by molar-refractivity contribution is 6.05. The molecule has 0 radical (unpaired) electrons. The number of carboxylic acids is 1. The predicted molar refractivity (Wildman–Crippen MR) is 103 cm³/mol. The first-order valence-electron chi connectivity index (χ1n) is 10.2. The van der Waals surface area contributed by atoms with Crippen molar-refractivity contribution in [2.45, 2.75) is 64.9 Å². The first kappa shape index (κ1) is 18.7. The first-order chi connectivity index (χ1) is 12.7. The van der Waals surface area contributed by atoms with Crippen LogP contribution in [0.5, 0.6) is 0 Å². The van der Waals surface area contributed by atoms with Crippen molar-refractivity contribution in [2.24, 2.45) is 33.7 Å². The minimum Gasteiger partial charge on any atom is -0.479 e. The van der Waals surface area contributed by atoms with Crippen LogP contribution in [0.25, 0.3) is 0 Å². The smallest absolute Gasteiger partial charge is 0.344 e. The molecule has 0 amide bonds. The summed E-state index contributed by atoms with van der Waals surface area (Å²) >= 11 is 0. The monoisotopic (exact) mass is 373 g/mol. The molecule has 5 heteroatoms. The molecule has 0 spiro atoms. The SMILES string of the molecule is C[C@]12C=CC(=NOCC(=O)O)C=C1CC[C@H]1[C@H]3CC[C@](C)(O)[C@@]3(C)CC[C@@H]12. The minimum atomic E-state index is -1.02. The van der Waals surface area contributed by atoms with Crippen LogP contribution in [0.4, 0.5) is 0 Å². The van der Waals surface area contributed by atoms with Crippen LogP contribution in [0.15, 0.2) is 29.0 Å². The van der Waals surface area contributed by atoms with Gasteiger partial charge >= 0.3 is 5.97 Å². The molecule has 4 aliphatic rings. The molecule has 3 saturated carbocycles. The second-order valence-corrected chi connectivity index (χ2v) is 9.65. The lowest BCUT2D eigenvalue weighted by Gasteiger charge is -2.58. The quantitative estimate of drug-likeness (QED) is 0.735. The summed E-state index contributed by atoms with van der Waals surface area (Å²) in [6.45, 7) is 6.29. The Kier molecular flexibility index (Phi) is 4.30. The lowest BCUT2D eigenvalue weighted by molar-refractivity contribution is -0.142. The first-order valence-corrected chi connectivity index (χ1v) is 10.2. The maximum atomic E-state index is 11.0. The molecule has 0 aliphatic heterocycles. The highest BCUT2D eigenvalue weighted by Gasteiger charge is 2.61. The fraction of sp³-hybridized carbons (Fsp3) is 0.727. The number of oxime groups is 1. The maximum absolute atomic E-state index is 11.0. The molecule has 2 N–H and O–H groups in total. The summed E-state index contributed by atoms with van der Waals surface area (Å²) in [6, 6.07) is 0. The topological polar surface area (TPSA) is 79.1 Å². The third-order valence-corrected chi connectivity index (χ3v) is 8.49. The summed E-state index contributed by atoms with van der Waals surface area (Å²) in [5.41, 5.74) is 1.62. The van der Waals surface area contributed by atoms with E-state index in [1.807, 2.05) is 13.0 Å². The van der Waals surface area contributed by atoms with Crippen LogP contribution in [-0.2, 0) is 9.63 Å². The number of rotatable bonds is 3. The van der Waals surface area contributed by atoms with Gasteiger partial charge in [-0.15, -0.1) is 0 Å². The van der Waals surface area contributed by atoms with Gasteiger partial charge in [-0.25, -0.2) is 4.79 Å². The van der Waals surface area contributed by atoms with Gasteiger partial charge in [-0.2, -0.15) is 0 Å². The Balaban J connectivity index is 1.57. The van der Waals surface area contributed by atoms with Crippen molar-refractivity contribution in [1.29, 1.82) is 0 Å². The number of hydrogen-bond acceptors (Lipinski definition) is 4. The van der Waals surface area contributed by atoms with Crippen molar-refractivity contribution in [3.63, 3.8) is 0 Å². The highest BCUT2D eigenvalue weighted by Crippen LogP contribution is 2.66. The molecule has 0 bridgehead atoms. The van der Waals surface area contributed by atoms with Crippen molar-refractivity contribution in [3.05, 3.63) is 23.8 Å². The zero-order valence-electron chi connectivity index (χ0n) is 16.6. The fourth-order valence-corrected chi connectivity index (χ4v) is 6.67. The standard InChI is InChI=1S/C22H31NO4/c1-20-9-6-15(23-27-13-19(24)25)12-14(20)4-5-16-17(20)7-10-21(2)18(16)8-11-22(21,3)26/h6,9,12,16-18,26H,4-5,7-8,10-11,13H2,1-3H3,(H,24,25)/t16-,17+,18-,20+,21+,22+/m1/s1. The van der Waals surface area contributed by atoms with Gasteiger partial charge in [0, 0.05) is 5.41 Å². The summed E-state index contributed by atoms with van der Waals surface area (Å²) in [5, 5.41) is 23.7. The number of aliphatic hydroxyl groups is 1. The third-order valence-electron chi connectivity index (χ3n) is 8.49. The van der Waals surface area contributed by atoms with E-state index in [-0.39, 0.29) is 10.8 Å². The van der Waals surface area contributed by atoms with Crippen LogP contribution >= 0.6 is 0 Å². The second kappa shape index (κ2) is 6.20. The van der Waals surface area contributed by atoms with E-state index in [1.165, 1.54) is 12.0 Å². The van der Waals surface area contributed by atoms with E-state index < -0.39 is 18.2 Å². The van der Waals surface area contributed by atoms with Gasteiger partial charge in [-0.05, 0) is 80.8 Å². The van der Waals surface area contributed by atoms with Gasteiger partial charge in [0.25, 0.3) is 0 Å². The zero-order chi connectivity index (χ0) is 19.4. The number of carboxylic acid groups (broad SMARTS) is 1. The van der Waals surface area contributed by atoms with Crippen LogP contribution < -0.4 is 0 Å². The number of allylic oxidation sites excluding steroid dienone is 4. The van der Waals surface area contributed by atoms with Gasteiger partial charge in [-0.3, -0.25) is 0 Å². The minimum absolute atomic E-state index is 0.0323. The van der Waals surface area contributed by atoms with Crippen molar-refractivity contribution >= 4 is 11.7 Å². The summed E-state index contributed by atoms with van der Waals surface area (Å²) in [4.78, 5) is 15.5. The number of hydrogen-bond donors (Lipinski definition) is 2. The molecule has 0 aromatic rings. The van der Waals surface area contributed by atoms with Crippen molar-refractivity contribution in [1.82, 2.24) is 0 Å². The van der Waals surface area contributed by atoms with Crippen LogP contribution in [0.1, 0.15) is 59.3 Å². The molecule has 0 aromatic carbocycles. The Morgan fingerprint density at radius 3 is 2.70 bits per heavy atom. The average molecular weight is 373 g/mol. The van der Waals surface area contributed by atoms with Crippen LogP contribution in [-0.4, -0.2) is 34.1 Å². The lowest BCUT2D eigenvalue weighted by atomic mass is 9.47. The number of aliphatic carboxylic acids is 1. The molecule has 3 fully saturated rings. The molecule has 5 nitrogen and oxygen atoms in total. The number of fused-ring (bicyclic) bond motifs is 5. The summed E-state index contributed by atoms with van der Waals surface area (Å²) in [5.74, 6) is 0.843. The molecule has 148 valence electrons. The van der Waals surface area contributed by atoms with Gasteiger partial charge in [0.05, 0.1) is 5.60 Å². The highest BCUT2D eigenvalue weighted by atomic mass is 16.6. The van der Waals surface area contributed by atoms with E-state index in [0.717, 1.165) is 32.1 Å². The molecular weight excluding hydrogens is 342 g/mol. The lowest BCUT2D eigenvalue weighted by Crippen LogP contribution is -2.53. The van der Waals surface area contributed by atoms with Crippen molar-refractivity contribution in [3.8, 4) is 0 Å². The largest absolute Gasteiger partial charge is 0.479 e. The normalized spacial score (nSPS) is 47.0. The van der Waals surface area contributed by atoms with Gasteiger partial charge in [0.15, 0.2) is 0 Å². The molecule has 0 aromatic heterocycles. The van der Waals surface area contributed by atoms with E-state index in [9.17, 15) is 9.90 Å². The molecule has 0 saturated heterocycles. The van der Waals surface area contributed by atoms with Crippen LogP contribution in [0, 0.1) is 28.6 Å². The second-order valence-electron chi connectivity index (χ2n) is 9.65. The predicted octanol–water partition coefficient (Wildman–Crippen LogP) is 3.93. The van der Waals surface area contributed by atoms with E-state index in [1.54, 1.807) is 0 Å².